The Morgan fingerprint density at radius 2 is 0.525 bits per heavy atom. The van der Waals surface area contributed by atoms with Crippen LogP contribution in [0.3, 0.4) is 0 Å². The third-order valence-corrected chi connectivity index (χ3v) is 14.6. The summed E-state index contributed by atoms with van der Waals surface area (Å²) in [6.07, 6.45) is 0. The van der Waals surface area contributed by atoms with Gasteiger partial charge in [0.05, 0.1) is 0 Å². The first-order chi connectivity index (χ1) is 46.9. The summed E-state index contributed by atoms with van der Waals surface area (Å²) in [7, 11) is 0. The van der Waals surface area contributed by atoms with Crippen LogP contribution in [0.25, 0.3) is 0 Å². The van der Waals surface area contributed by atoms with E-state index in [1.165, 1.54) is 74.0 Å². The summed E-state index contributed by atoms with van der Waals surface area (Å²) in [5, 5.41) is 0. The lowest BCUT2D eigenvalue weighted by Gasteiger charge is -2.10. The molecule has 0 radical (unpaired) electrons. The molecule has 0 atom stereocenters. The number of benzene rings is 9. The van der Waals surface area contributed by atoms with Gasteiger partial charge in [-0.25, -0.2) is 87.8 Å². The van der Waals surface area contributed by atoms with Gasteiger partial charge in [-0.15, -0.1) is 0 Å². The molecule has 9 aromatic carbocycles. The highest BCUT2D eigenvalue weighted by Crippen LogP contribution is 2.30. The maximum absolute atomic E-state index is 12.9. The van der Waals surface area contributed by atoms with Crippen molar-refractivity contribution in [2.45, 2.75) is 178 Å². The Hall–Kier alpha value is -8.42. The molecule has 0 saturated heterocycles. The fourth-order valence-electron chi connectivity index (χ4n) is 8.49. The maximum Gasteiger partial charge on any atom is 0.200 e. The van der Waals surface area contributed by atoms with Crippen LogP contribution in [-0.4, -0.2) is 0 Å². The number of halogens is 20. The zero-order valence-electron chi connectivity index (χ0n) is 59.7. The summed E-state index contributed by atoms with van der Waals surface area (Å²) in [6, 6.07) is 36.4. The molecule has 0 aliphatic carbocycles. The SMILES string of the molecule is CC(C)c1c(F)c(F)c(F)c(F)c1F.CC(C)c1cc(F)c(F)c(F)c1.CC(C)c1ccc(F)c(F)c1.CC(C)c1ccc(F)c(F)c1F.CC(C)c1ccc(F)cc1.CC(C)c1ccc(F)cc1F.CC(C)c1cccc(F)c1.CC(C)c1cccc(F)c1F.CC(C)c1ccccc1F. The molecule has 552 valence electrons. The Morgan fingerprint density at radius 1 is 0.168 bits per heavy atom. The standard InChI is InChI=1S/C9H7F5.2C9H9F3.3C9H10F2.3C9H11F/c1-3(2)4-5(10)7(12)9(14)8(13)6(4)11;1-5(2)6-3-7(10)9(12)8(11)4-6;1-5(2)6-3-4-7(10)9(12)8(6)11;1-6(2)8-4-3-7(10)5-9(8)11;1-6(2)7-3-4-8(10)9(11)5-7;1-6(2)7-4-3-5-8(10)9(7)11;1-7(2)8-3-5-9(10)6-4-8;1-7(2)8-4-3-5-9(10)6-8;1-7(2)8-5-3-4-6-9(8)10/h3H,1-2H3;2*3-5H,1-2H3;3*3-6H,1-2H3;3*3-7H,1-2H3. The molecule has 20 heteroatoms. The van der Waals surface area contributed by atoms with E-state index >= 15 is 0 Å². The average Bonchev–Trinajstić information content (AvgIpc) is 0.790. The van der Waals surface area contributed by atoms with Gasteiger partial charge < -0.3 is 0 Å². The molecule has 0 N–H and O–H groups in total. The molecule has 0 heterocycles. The molecule has 0 saturated carbocycles. The molecule has 0 unspecified atom stereocenters. The van der Waals surface area contributed by atoms with Crippen LogP contribution >= 0.6 is 0 Å². The van der Waals surface area contributed by atoms with Gasteiger partial charge in [-0.3, -0.25) is 0 Å². The zero-order valence-corrected chi connectivity index (χ0v) is 59.7. The summed E-state index contributed by atoms with van der Waals surface area (Å²) in [6.45, 7) is 33.2. The Balaban J connectivity index is 0.000000569. The molecule has 9 rings (SSSR count). The molecular weight excluding hydrogens is 1350 g/mol. The predicted octanol–water partition coefficient (Wildman–Crippen LogP) is 28.1. The Labute approximate surface area is 581 Å². The van der Waals surface area contributed by atoms with E-state index in [1.807, 2.05) is 85.7 Å². The van der Waals surface area contributed by atoms with E-state index in [1.54, 1.807) is 58.0 Å². The molecule has 0 aromatic heterocycles. The summed E-state index contributed by atoms with van der Waals surface area (Å²) < 4.78 is 252. The minimum atomic E-state index is -2.12. The predicted molar refractivity (Wildman–Crippen MR) is 364 cm³/mol. The minimum Gasteiger partial charge on any atom is -0.207 e. The third-order valence-electron chi connectivity index (χ3n) is 14.6. The highest BCUT2D eigenvalue weighted by molar-refractivity contribution is 5.29. The van der Waals surface area contributed by atoms with E-state index in [4.69, 9.17) is 0 Å². The Kier molecular flexibility index (Phi) is 39.5. The fourth-order valence-corrected chi connectivity index (χ4v) is 8.49. The monoisotopic (exact) mass is 1440 g/mol. The highest BCUT2D eigenvalue weighted by atomic mass is 19.2. The van der Waals surface area contributed by atoms with Gasteiger partial charge in [-0.1, -0.05) is 197 Å². The Morgan fingerprint density at radius 3 is 0.931 bits per heavy atom. The molecule has 0 bridgehead atoms. The van der Waals surface area contributed by atoms with E-state index in [0.717, 1.165) is 53.1 Å². The van der Waals surface area contributed by atoms with Gasteiger partial charge in [-0.2, -0.15) is 0 Å². The fraction of sp³-hybridized carbons (Fsp3) is 0.333. The van der Waals surface area contributed by atoms with E-state index in [0.29, 0.717) is 28.5 Å². The third kappa shape index (κ3) is 30.4. The first-order valence-electron chi connectivity index (χ1n) is 32.3. The van der Waals surface area contributed by atoms with Crippen LogP contribution in [-0.2, 0) is 0 Å². The van der Waals surface area contributed by atoms with Crippen molar-refractivity contribution in [3.05, 3.63) is 318 Å². The van der Waals surface area contributed by atoms with Crippen LogP contribution in [0.2, 0.25) is 0 Å². The summed E-state index contributed by atoms with van der Waals surface area (Å²) >= 11 is 0. The van der Waals surface area contributed by atoms with E-state index < -0.39 is 110 Å². The second-order valence-corrected chi connectivity index (χ2v) is 25.5. The number of rotatable bonds is 9. The summed E-state index contributed by atoms with van der Waals surface area (Å²) in [5.74, 6) is -20.5. The molecule has 0 fully saturated rings. The van der Waals surface area contributed by atoms with Gasteiger partial charge >= 0.3 is 0 Å². The lowest BCUT2D eigenvalue weighted by Crippen LogP contribution is -2.08. The van der Waals surface area contributed by atoms with Gasteiger partial charge in [0, 0.05) is 11.6 Å². The zero-order chi connectivity index (χ0) is 77.6. The van der Waals surface area contributed by atoms with Crippen molar-refractivity contribution in [3.8, 4) is 0 Å². The topological polar surface area (TPSA) is 0 Å². The molecule has 0 spiro atoms. The second-order valence-electron chi connectivity index (χ2n) is 25.5. The molecule has 0 aliphatic heterocycles. The van der Waals surface area contributed by atoms with E-state index in [9.17, 15) is 87.8 Å². The highest BCUT2D eigenvalue weighted by Gasteiger charge is 2.27. The second kappa shape index (κ2) is 44.1. The molecule has 101 heavy (non-hydrogen) atoms. The smallest absolute Gasteiger partial charge is 0.200 e. The average molecular weight is 1440 g/mol. The van der Waals surface area contributed by atoms with Crippen molar-refractivity contribution >= 4 is 0 Å². The van der Waals surface area contributed by atoms with Crippen molar-refractivity contribution in [2.75, 3.05) is 0 Å². The van der Waals surface area contributed by atoms with Gasteiger partial charge in [0.2, 0.25) is 5.82 Å². The molecule has 0 amide bonds. The lowest BCUT2D eigenvalue weighted by molar-refractivity contribution is 0.366. The lowest BCUT2D eigenvalue weighted by atomic mass is 10.0. The summed E-state index contributed by atoms with van der Waals surface area (Å²) in [5.41, 5.74) is 4.74. The first kappa shape index (κ1) is 90.6. The molecule has 9 aromatic rings. The van der Waals surface area contributed by atoms with E-state index in [-0.39, 0.29) is 58.5 Å². The first-order valence-corrected chi connectivity index (χ1v) is 32.3. The van der Waals surface area contributed by atoms with Crippen LogP contribution in [0.4, 0.5) is 87.8 Å². The number of hydrogen-bond donors (Lipinski definition) is 0. The quantitative estimate of drug-likeness (QED) is 0.0768. The normalized spacial score (nSPS) is 10.7. The van der Waals surface area contributed by atoms with Gasteiger partial charge in [0.25, 0.3) is 0 Å². The molecular formula is C81H88F20. The van der Waals surface area contributed by atoms with Crippen molar-refractivity contribution in [3.63, 3.8) is 0 Å². The van der Waals surface area contributed by atoms with Crippen molar-refractivity contribution in [1.29, 1.82) is 0 Å². The van der Waals surface area contributed by atoms with Crippen LogP contribution in [0.15, 0.2) is 152 Å². The van der Waals surface area contributed by atoms with Crippen molar-refractivity contribution in [2.24, 2.45) is 0 Å². The largest absolute Gasteiger partial charge is 0.207 e. The van der Waals surface area contributed by atoms with Crippen molar-refractivity contribution in [1.82, 2.24) is 0 Å². The van der Waals surface area contributed by atoms with Crippen molar-refractivity contribution < 1.29 is 87.8 Å². The minimum absolute atomic E-state index is 0.00500. The van der Waals surface area contributed by atoms with Gasteiger partial charge in [0.1, 0.15) is 29.1 Å². The molecule has 0 nitrogen and oxygen atoms in total. The van der Waals surface area contributed by atoms with E-state index in [2.05, 4.69) is 27.7 Å². The Bertz CT molecular complexity index is 3910. The van der Waals surface area contributed by atoms with Crippen LogP contribution in [0.5, 0.6) is 0 Å². The van der Waals surface area contributed by atoms with Crippen LogP contribution in [0, 0.1) is 116 Å². The molecule has 0 aliphatic rings. The summed E-state index contributed by atoms with van der Waals surface area (Å²) in [4.78, 5) is 0. The van der Waals surface area contributed by atoms with Crippen LogP contribution in [0.1, 0.15) is 228 Å². The van der Waals surface area contributed by atoms with Gasteiger partial charge in [0.15, 0.2) is 81.4 Å². The number of hydrogen-bond acceptors (Lipinski definition) is 0. The van der Waals surface area contributed by atoms with Crippen LogP contribution < -0.4 is 0 Å². The van der Waals surface area contributed by atoms with Gasteiger partial charge in [-0.05, 0) is 171 Å². The maximum atomic E-state index is 12.9.